The van der Waals surface area contributed by atoms with Crippen molar-refractivity contribution in [3.05, 3.63) is 24.2 Å². The summed E-state index contributed by atoms with van der Waals surface area (Å²) in [5, 5.41) is 7.04. The Hall–Kier alpha value is -0.840. The van der Waals surface area contributed by atoms with E-state index in [2.05, 4.69) is 45.3 Å². The number of halogens is 1. The molecule has 0 amide bonds. The van der Waals surface area contributed by atoms with Gasteiger partial charge in [-0.25, -0.2) is 0 Å². The topological polar surface area (TPSA) is 65.3 Å². The molecule has 2 aliphatic heterocycles. The molecule has 3 rings (SSSR count). The van der Waals surface area contributed by atoms with E-state index in [9.17, 15) is 0 Å². The van der Waals surface area contributed by atoms with Gasteiger partial charge in [-0.05, 0) is 51.9 Å². The number of nitrogens with zero attached hydrogens (tertiary/aromatic N) is 3. The van der Waals surface area contributed by atoms with Crippen molar-refractivity contribution in [2.75, 3.05) is 59.5 Å². The molecule has 2 N–H and O–H groups in total. The molecule has 1 atom stereocenters. The first-order valence-electron chi connectivity index (χ1n) is 10.6. The molecule has 0 aromatic carbocycles. The predicted octanol–water partition coefficient (Wildman–Crippen LogP) is 2.70. The smallest absolute Gasteiger partial charge is 0.191 e. The summed E-state index contributed by atoms with van der Waals surface area (Å²) >= 11 is 0. The van der Waals surface area contributed by atoms with Crippen LogP contribution in [0.4, 0.5) is 0 Å². The van der Waals surface area contributed by atoms with Crippen LogP contribution in [0.25, 0.3) is 0 Å². The fourth-order valence-electron chi connectivity index (χ4n) is 4.12. The minimum atomic E-state index is 0. The summed E-state index contributed by atoms with van der Waals surface area (Å²) in [5.41, 5.74) is 0.0503. The van der Waals surface area contributed by atoms with Gasteiger partial charge in [0.2, 0.25) is 0 Å². The molecule has 0 spiro atoms. The zero-order valence-electron chi connectivity index (χ0n) is 18.2. The third kappa shape index (κ3) is 7.11. The summed E-state index contributed by atoms with van der Waals surface area (Å²) in [6.45, 7) is 12.0. The van der Waals surface area contributed by atoms with Crippen molar-refractivity contribution in [2.45, 2.75) is 44.7 Å². The Morgan fingerprint density at radius 1 is 1.14 bits per heavy atom. The van der Waals surface area contributed by atoms with E-state index < -0.39 is 0 Å². The van der Waals surface area contributed by atoms with Crippen molar-refractivity contribution in [1.82, 2.24) is 20.4 Å². The average molecular weight is 519 g/mol. The van der Waals surface area contributed by atoms with Gasteiger partial charge in [-0.15, -0.1) is 24.0 Å². The quantitative estimate of drug-likeness (QED) is 0.328. The number of aliphatic imine (C=N–C) groups is 1. The molecule has 1 aromatic heterocycles. The third-order valence-corrected chi connectivity index (χ3v) is 5.95. The molecule has 2 fully saturated rings. The number of hydrogen-bond donors (Lipinski definition) is 2. The Morgan fingerprint density at radius 2 is 1.86 bits per heavy atom. The van der Waals surface area contributed by atoms with E-state index in [0.29, 0.717) is 0 Å². The van der Waals surface area contributed by atoms with Crippen LogP contribution in [0.2, 0.25) is 0 Å². The Kier molecular flexibility index (Phi) is 10.2. The van der Waals surface area contributed by atoms with Gasteiger partial charge in [0, 0.05) is 38.8 Å². The van der Waals surface area contributed by atoms with Gasteiger partial charge in [0.05, 0.1) is 25.5 Å². The maximum Gasteiger partial charge on any atom is 0.191 e. The van der Waals surface area contributed by atoms with Crippen molar-refractivity contribution in [3.63, 3.8) is 0 Å². The first kappa shape index (κ1) is 24.4. The van der Waals surface area contributed by atoms with Crippen molar-refractivity contribution in [3.8, 4) is 0 Å². The molecule has 8 heteroatoms. The molecule has 3 heterocycles. The van der Waals surface area contributed by atoms with E-state index in [-0.39, 0.29) is 35.6 Å². The number of morpholine rings is 1. The van der Waals surface area contributed by atoms with E-state index in [1.54, 1.807) is 6.26 Å². The van der Waals surface area contributed by atoms with Crippen molar-refractivity contribution in [2.24, 2.45) is 4.99 Å². The van der Waals surface area contributed by atoms with Gasteiger partial charge in [-0.2, -0.15) is 0 Å². The van der Waals surface area contributed by atoms with Crippen LogP contribution in [0.3, 0.4) is 0 Å². The summed E-state index contributed by atoms with van der Waals surface area (Å²) in [7, 11) is 1.83. The largest absolute Gasteiger partial charge is 0.468 e. The van der Waals surface area contributed by atoms with Gasteiger partial charge in [-0.1, -0.05) is 6.42 Å². The van der Waals surface area contributed by atoms with Crippen LogP contribution in [0.15, 0.2) is 27.8 Å². The fourth-order valence-corrected chi connectivity index (χ4v) is 4.12. The second-order valence-corrected chi connectivity index (χ2v) is 8.35. The highest BCUT2D eigenvalue weighted by Crippen LogP contribution is 2.24. The maximum atomic E-state index is 5.75. The van der Waals surface area contributed by atoms with Gasteiger partial charge in [-0.3, -0.25) is 14.8 Å². The molecule has 7 nitrogen and oxygen atoms in total. The molecular weight excluding hydrogens is 481 g/mol. The molecule has 0 aliphatic carbocycles. The number of likely N-dealkylation sites (tertiary alicyclic amines) is 1. The molecule has 0 saturated carbocycles. The van der Waals surface area contributed by atoms with Gasteiger partial charge in [0.25, 0.3) is 0 Å². The monoisotopic (exact) mass is 519 g/mol. The molecule has 2 aliphatic rings. The van der Waals surface area contributed by atoms with Crippen molar-refractivity contribution >= 4 is 29.9 Å². The molecule has 166 valence electrons. The van der Waals surface area contributed by atoms with Gasteiger partial charge in [0.15, 0.2) is 5.96 Å². The van der Waals surface area contributed by atoms with Crippen LogP contribution < -0.4 is 10.6 Å². The lowest BCUT2D eigenvalue weighted by Crippen LogP contribution is -2.56. The van der Waals surface area contributed by atoms with Gasteiger partial charge >= 0.3 is 0 Å². The second-order valence-electron chi connectivity index (χ2n) is 8.35. The normalized spacial score (nSPS) is 20.7. The van der Waals surface area contributed by atoms with Crippen molar-refractivity contribution < 1.29 is 9.15 Å². The number of rotatable bonds is 7. The minimum absolute atomic E-state index is 0. The third-order valence-electron chi connectivity index (χ3n) is 5.95. The van der Waals surface area contributed by atoms with E-state index in [1.165, 1.54) is 19.3 Å². The highest BCUT2D eigenvalue weighted by Gasteiger charge is 2.29. The summed E-state index contributed by atoms with van der Waals surface area (Å²) in [6, 6.07) is 4.30. The van der Waals surface area contributed by atoms with Crippen LogP contribution in [0.5, 0.6) is 0 Å². The van der Waals surface area contributed by atoms with E-state index in [4.69, 9.17) is 9.15 Å². The molecule has 1 aromatic rings. The molecule has 0 radical (unpaired) electrons. The lowest BCUT2D eigenvalue weighted by atomic mass is 10.0. The first-order chi connectivity index (χ1) is 13.6. The summed E-state index contributed by atoms with van der Waals surface area (Å²) in [6.07, 6.45) is 5.62. The van der Waals surface area contributed by atoms with E-state index in [0.717, 1.165) is 64.2 Å². The number of hydrogen-bond acceptors (Lipinski definition) is 5. The maximum absolute atomic E-state index is 5.75. The summed E-state index contributed by atoms with van der Waals surface area (Å²) < 4.78 is 11.2. The first-order valence-corrected chi connectivity index (χ1v) is 10.6. The Morgan fingerprint density at radius 3 is 2.48 bits per heavy atom. The molecule has 1 unspecified atom stereocenters. The second kappa shape index (κ2) is 12.1. The van der Waals surface area contributed by atoms with E-state index >= 15 is 0 Å². The van der Waals surface area contributed by atoms with Crippen molar-refractivity contribution in [1.29, 1.82) is 0 Å². The minimum Gasteiger partial charge on any atom is -0.468 e. The number of guanidine groups is 1. The van der Waals surface area contributed by atoms with Gasteiger partial charge < -0.3 is 19.8 Å². The Balaban J connectivity index is 0.00000300. The van der Waals surface area contributed by atoms with Crippen LogP contribution in [-0.2, 0) is 4.74 Å². The summed E-state index contributed by atoms with van der Waals surface area (Å²) in [5.74, 6) is 1.87. The molecular formula is C21H38IN5O2. The van der Waals surface area contributed by atoms with Crippen LogP contribution in [0.1, 0.15) is 44.9 Å². The van der Waals surface area contributed by atoms with E-state index in [1.807, 2.05) is 13.1 Å². The number of piperidine rings is 1. The highest BCUT2D eigenvalue weighted by molar-refractivity contribution is 14.0. The molecule has 29 heavy (non-hydrogen) atoms. The number of ether oxygens (including phenoxy) is 1. The SMILES string of the molecule is CN=C(NCC(c1ccco1)N1CCCCC1)NCC(C)(C)N1CCOCC1.I. The Bertz CT molecular complexity index is 596. The zero-order chi connectivity index (χ0) is 19.8. The lowest BCUT2D eigenvalue weighted by Gasteiger charge is -2.41. The summed E-state index contributed by atoms with van der Waals surface area (Å²) in [4.78, 5) is 9.45. The molecule has 2 saturated heterocycles. The van der Waals surface area contributed by atoms with Crippen LogP contribution in [-0.4, -0.2) is 80.8 Å². The van der Waals surface area contributed by atoms with Crippen LogP contribution >= 0.6 is 24.0 Å². The van der Waals surface area contributed by atoms with Crippen LogP contribution in [0, 0.1) is 0 Å². The lowest BCUT2D eigenvalue weighted by molar-refractivity contribution is -0.00834. The highest BCUT2D eigenvalue weighted by atomic mass is 127. The zero-order valence-corrected chi connectivity index (χ0v) is 20.5. The fraction of sp³-hybridized carbons (Fsp3) is 0.762. The van der Waals surface area contributed by atoms with Gasteiger partial charge in [0.1, 0.15) is 5.76 Å². The molecule has 0 bridgehead atoms. The average Bonchev–Trinajstić information content (AvgIpc) is 3.26. The number of furan rings is 1. The Labute approximate surface area is 192 Å². The predicted molar refractivity (Wildman–Crippen MR) is 128 cm³/mol. The number of nitrogens with one attached hydrogen (secondary N) is 2. The standard InChI is InChI=1S/C21H37N5O2.HI/c1-21(2,26-11-14-27-15-12-26)17-24-20(22-3)23-16-18(19-8-7-13-28-19)25-9-5-4-6-10-25;/h7-8,13,18H,4-6,9-12,14-17H2,1-3H3,(H2,22,23,24);1H.